The topological polar surface area (TPSA) is 75.3 Å². The Morgan fingerprint density at radius 1 is 1.07 bits per heavy atom. The number of thiophene rings is 1. The maximum atomic E-state index is 13.8. The van der Waals surface area contributed by atoms with Gasteiger partial charge in [0.1, 0.15) is 5.82 Å². The number of carbonyl (C=O) groups excluding carboxylic acids is 1. The van der Waals surface area contributed by atoms with Crippen LogP contribution < -0.4 is 10.0 Å². The van der Waals surface area contributed by atoms with E-state index in [2.05, 4.69) is 10.0 Å². The molecule has 1 heterocycles. The molecule has 0 saturated carbocycles. The van der Waals surface area contributed by atoms with Crippen LogP contribution in [-0.4, -0.2) is 20.6 Å². The van der Waals surface area contributed by atoms with Crippen LogP contribution in [-0.2, 0) is 10.0 Å². The van der Waals surface area contributed by atoms with Crippen molar-refractivity contribution in [3.63, 3.8) is 0 Å². The van der Waals surface area contributed by atoms with Crippen molar-refractivity contribution in [1.82, 2.24) is 0 Å². The number of rotatable bonds is 5. The highest BCUT2D eigenvalue weighted by atomic mass is 32.2. The van der Waals surface area contributed by atoms with E-state index in [4.69, 9.17) is 0 Å². The van der Waals surface area contributed by atoms with E-state index in [-0.39, 0.29) is 17.3 Å². The van der Waals surface area contributed by atoms with E-state index in [1.807, 2.05) is 42.6 Å². The molecular weight excluding hydrogens is 387 g/mol. The van der Waals surface area contributed by atoms with Crippen LogP contribution in [0.2, 0.25) is 0 Å². The molecule has 0 bridgehead atoms. The second-order valence-corrected chi connectivity index (χ2v) is 8.72. The van der Waals surface area contributed by atoms with Crippen LogP contribution in [0, 0.1) is 12.7 Å². The zero-order chi connectivity index (χ0) is 19.6. The molecule has 5 nitrogen and oxygen atoms in total. The van der Waals surface area contributed by atoms with Gasteiger partial charge >= 0.3 is 0 Å². The number of aryl methyl sites for hydroxylation is 1. The molecule has 8 heteroatoms. The summed E-state index contributed by atoms with van der Waals surface area (Å²) in [5.41, 5.74) is 2.91. The average molecular weight is 404 g/mol. The van der Waals surface area contributed by atoms with E-state index in [1.54, 1.807) is 0 Å². The molecule has 0 spiro atoms. The van der Waals surface area contributed by atoms with Crippen molar-refractivity contribution < 1.29 is 17.6 Å². The maximum absolute atomic E-state index is 13.8. The lowest BCUT2D eigenvalue weighted by Gasteiger charge is -2.10. The molecular formula is C19H17FN2O3S2. The van der Waals surface area contributed by atoms with Crippen LogP contribution in [0.5, 0.6) is 0 Å². The summed E-state index contributed by atoms with van der Waals surface area (Å²) in [5.74, 6) is -1.08. The first-order chi connectivity index (χ1) is 12.7. The predicted octanol–water partition coefficient (Wildman–Crippen LogP) is 4.49. The van der Waals surface area contributed by atoms with Gasteiger partial charge in [0.25, 0.3) is 5.91 Å². The van der Waals surface area contributed by atoms with Crippen LogP contribution in [0.3, 0.4) is 0 Å². The smallest absolute Gasteiger partial charge is 0.266 e. The van der Waals surface area contributed by atoms with Gasteiger partial charge in [-0.05, 0) is 42.1 Å². The van der Waals surface area contributed by atoms with Crippen molar-refractivity contribution in [2.24, 2.45) is 0 Å². The summed E-state index contributed by atoms with van der Waals surface area (Å²) in [7, 11) is -3.64. The molecule has 1 aromatic heterocycles. The molecule has 0 fully saturated rings. The van der Waals surface area contributed by atoms with Crippen molar-refractivity contribution >= 4 is 38.6 Å². The fourth-order valence-corrected chi connectivity index (χ4v) is 3.88. The van der Waals surface area contributed by atoms with Gasteiger partial charge in [0.15, 0.2) is 0 Å². The van der Waals surface area contributed by atoms with Crippen LogP contribution in [0.15, 0.2) is 53.9 Å². The van der Waals surface area contributed by atoms with Gasteiger partial charge in [0.2, 0.25) is 10.0 Å². The third-order valence-corrected chi connectivity index (χ3v) is 5.26. The lowest BCUT2D eigenvalue weighted by atomic mass is 10.0. The third-order valence-electron chi connectivity index (χ3n) is 3.75. The molecule has 0 saturated heterocycles. The molecule has 0 aliphatic rings. The summed E-state index contributed by atoms with van der Waals surface area (Å²) in [4.78, 5) is 13.2. The van der Waals surface area contributed by atoms with Gasteiger partial charge in [0.05, 0.1) is 16.8 Å². The van der Waals surface area contributed by atoms with Gasteiger partial charge < -0.3 is 5.32 Å². The summed E-state index contributed by atoms with van der Waals surface area (Å²) < 4.78 is 38.6. The van der Waals surface area contributed by atoms with Crippen molar-refractivity contribution in [3.05, 3.63) is 70.2 Å². The molecule has 27 heavy (non-hydrogen) atoms. The highest BCUT2D eigenvalue weighted by Crippen LogP contribution is 2.30. The molecule has 0 atom stereocenters. The molecule has 3 aromatic rings. The minimum absolute atomic E-state index is 0.222. The first kappa shape index (κ1) is 19.1. The molecule has 3 rings (SSSR count). The zero-order valence-electron chi connectivity index (χ0n) is 14.6. The van der Waals surface area contributed by atoms with Crippen molar-refractivity contribution in [1.29, 1.82) is 0 Å². The number of halogens is 1. The second kappa shape index (κ2) is 7.50. The normalized spacial score (nSPS) is 11.2. The summed E-state index contributed by atoms with van der Waals surface area (Å²) in [6.45, 7) is 1.99. The van der Waals surface area contributed by atoms with Crippen molar-refractivity contribution in [2.75, 3.05) is 16.3 Å². The molecule has 0 aliphatic heterocycles. The Balaban J connectivity index is 1.86. The highest BCUT2D eigenvalue weighted by Gasteiger charge is 2.16. The summed E-state index contributed by atoms with van der Waals surface area (Å²) >= 11 is 1.30. The average Bonchev–Trinajstić information content (AvgIpc) is 3.07. The monoisotopic (exact) mass is 404 g/mol. The van der Waals surface area contributed by atoms with Crippen LogP contribution >= 0.6 is 11.3 Å². The number of hydrogen-bond donors (Lipinski definition) is 2. The lowest BCUT2D eigenvalue weighted by Crippen LogP contribution is -2.13. The molecule has 0 radical (unpaired) electrons. The predicted molar refractivity (Wildman–Crippen MR) is 107 cm³/mol. The molecule has 140 valence electrons. The molecule has 1 amide bonds. The highest BCUT2D eigenvalue weighted by molar-refractivity contribution is 7.92. The Morgan fingerprint density at radius 3 is 2.44 bits per heavy atom. The van der Waals surface area contributed by atoms with Crippen LogP contribution in [0.1, 0.15) is 15.2 Å². The Hall–Kier alpha value is -2.71. The third kappa shape index (κ3) is 4.72. The number of hydrogen-bond acceptors (Lipinski definition) is 4. The van der Waals surface area contributed by atoms with Gasteiger partial charge in [-0.3, -0.25) is 9.52 Å². The molecule has 2 N–H and O–H groups in total. The fourth-order valence-electron chi connectivity index (χ4n) is 2.51. The Labute approximate surface area is 160 Å². The van der Waals surface area contributed by atoms with E-state index in [9.17, 15) is 17.6 Å². The first-order valence-electron chi connectivity index (χ1n) is 7.96. The summed E-state index contributed by atoms with van der Waals surface area (Å²) in [6.07, 6.45) is 0.928. The summed E-state index contributed by atoms with van der Waals surface area (Å²) in [6, 6.07) is 13.4. The van der Waals surface area contributed by atoms with Crippen molar-refractivity contribution in [2.45, 2.75) is 6.92 Å². The van der Waals surface area contributed by atoms with E-state index >= 15 is 0 Å². The number of sulfonamides is 1. The van der Waals surface area contributed by atoms with E-state index in [0.29, 0.717) is 4.88 Å². The largest absolute Gasteiger partial charge is 0.321 e. The number of amides is 1. The number of carbonyl (C=O) groups is 1. The Bertz CT molecular complexity index is 1090. The minimum atomic E-state index is -3.64. The minimum Gasteiger partial charge on any atom is -0.321 e. The Morgan fingerprint density at radius 2 is 1.78 bits per heavy atom. The van der Waals surface area contributed by atoms with Gasteiger partial charge in [-0.15, -0.1) is 11.3 Å². The summed E-state index contributed by atoms with van der Waals surface area (Å²) in [5, 5.41) is 4.51. The standard InChI is InChI=1S/C19H17FN2O3S2/c1-12-3-5-13(6-4-12)15-9-10-26-18(15)19(23)21-14-7-8-16(20)17(11-14)22-27(2,24)25/h3-11,22H,1-2H3,(H,21,23). The quantitative estimate of drug-likeness (QED) is 0.658. The molecule has 2 aromatic carbocycles. The number of anilines is 2. The van der Waals surface area contributed by atoms with Crippen LogP contribution in [0.25, 0.3) is 11.1 Å². The van der Waals surface area contributed by atoms with E-state index in [1.165, 1.54) is 23.5 Å². The Kier molecular flexibility index (Phi) is 5.29. The van der Waals surface area contributed by atoms with Gasteiger partial charge in [-0.2, -0.15) is 0 Å². The second-order valence-electron chi connectivity index (χ2n) is 6.05. The first-order valence-corrected chi connectivity index (χ1v) is 10.7. The fraction of sp³-hybridized carbons (Fsp3) is 0.105. The lowest BCUT2D eigenvalue weighted by molar-refractivity contribution is 0.103. The van der Waals surface area contributed by atoms with Gasteiger partial charge in [0, 0.05) is 11.3 Å². The number of benzene rings is 2. The number of nitrogens with one attached hydrogen (secondary N) is 2. The van der Waals surface area contributed by atoms with E-state index < -0.39 is 15.8 Å². The molecule has 0 unspecified atom stereocenters. The van der Waals surface area contributed by atoms with Gasteiger partial charge in [-0.25, -0.2) is 12.8 Å². The zero-order valence-corrected chi connectivity index (χ0v) is 16.2. The van der Waals surface area contributed by atoms with Gasteiger partial charge in [-0.1, -0.05) is 29.8 Å². The van der Waals surface area contributed by atoms with E-state index in [0.717, 1.165) is 29.0 Å². The SMILES string of the molecule is Cc1ccc(-c2ccsc2C(=O)Nc2ccc(F)c(NS(C)(=O)=O)c2)cc1. The maximum Gasteiger partial charge on any atom is 0.266 e. The van der Waals surface area contributed by atoms with Crippen LogP contribution in [0.4, 0.5) is 15.8 Å². The van der Waals surface area contributed by atoms with Crippen molar-refractivity contribution in [3.8, 4) is 11.1 Å². The molecule has 0 aliphatic carbocycles.